The van der Waals surface area contributed by atoms with Gasteiger partial charge in [-0.1, -0.05) is 30.0 Å². The van der Waals surface area contributed by atoms with Crippen LogP contribution in [-0.2, 0) is 0 Å². The normalized spacial score (nSPS) is 19.1. The SMILES string of the molecule is COc1ccc(-n2ccnc2S[C@H]2COc3ccccc3[C@H]2O)cc1. The van der Waals surface area contributed by atoms with Crippen LogP contribution < -0.4 is 9.47 Å². The van der Waals surface area contributed by atoms with Gasteiger partial charge in [0.2, 0.25) is 0 Å². The summed E-state index contributed by atoms with van der Waals surface area (Å²) in [6.45, 7) is 0.443. The number of nitrogens with zero attached hydrogens (tertiary/aromatic N) is 2. The molecule has 5 nitrogen and oxygen atoms in total. The van der Waals surface area contributed by atoms with Gasteiger partial charge in [-0.05, 0) is 30.3 Å². The van der Waals surface area contributed by atoms with Crippen LogP contribution in [0.15, 0.2) is 66.1 Å². The second kappa shape index (κ2) is 6.82. The van der Waals surface area contributed by atoms with Crippen molar-refractivity contribution in [2.24, 2.45) is 0 Å². The lowest BCUT2D eigenvalue weighted by Crippen LogP contribution is -2.28. The van der Waals surface area contributed by atoms with Crippen LogP contribution in [0.25, 0.3) is 5.69 Å². The van der Waals surface area contributed by atoms with Crippen molar-refractivity contribution in [3.05, 3.63) is 66.5 Å². The molecule has 0 spiro atoms. The van der Waals surface area contributed by atoms with Crippen molar-refractivity contribution >= 4 is 11.8 Å². The van der Waals surface area contributed by atoms with Gasteiger partial charge in [-0.3, -0.25) is 4.57 Å². The molecule has 0 amide bonds. The van der Waals surface area contributed by atoms with Crippen molar-refractivity contribution < 1.29 is 14.6 Å². The Kier molecular flexibility index (Phi) is 4.38. The van der Waals surface area contributed by atoms with Gasteiger partial charge < -0.3 is 14.6 Å². The number of rotatable bonds is 4. The van der Waals surface area contributed by atoms with Gasteiger partial charge in [-0.25, -0.2) is 4.98 Å². The molecule has 0 radical (unpaired) electrons. The minimum atomic E-state index is -0.587. The number of aliphatic hydroxyl groups excluding tert-OH is 1. The van der Waals surface area contributed by atoms with E-state index in [0.717, 1.165) is 27.9 Å². The maximum absolute atomic E-state index is 10.7. The van der Waals surface area contributed by atoms with Crippen molar-refractivity contribution in [3.8, 4) is 17.2 Å². The van der Waals surface area contributed by atoms with Crippen LogP contribution in [0, 0.1) is 0 Å². The Hall–Kier alpha value is -2.44. The van der Waals surface area contributed by atoms with Crippen LogP contribution in [0.4, 0.5) is 0 Å². The number of thioether (sulfide) groups is 1. The molecule has 0 bridgehead atoms. The molecule has 2 aromatic carbocycles. The third-order valence-corrected chi connectivity index (χ3v) is 5.42. The molecule has 6 heteroatoms. The van der Waals surface area contributed by atoms with Crippen molar-refractivity contribution in [1.29, 1.82) is 0 Å². The van der Waals surface area contributed by atoms with E-state index < -0.39 is 6.10 Å². The summed E-state index contributed by atoms with van der Waals surface area (Å²) < 4.78 is 13.0. The summed E-state index contributed by atoms with van der Waals surface area (Å²) in [5.74, 6) is 1.57. The highest BCUT2D eigenvalue weighted by molar-refractivity contribution is 7.99. The van der Waals surface area contributed by atoms with Crippen LogP contribution in [0.1, 0.15) is 11.7 Å². The minimum absolute atomic E-state index is 0.116. The molecule has 1 aromatic heterocycles. The monoisotopic (exact) mass is 354 g/mol. The number of fused-ring (bicyclic) bond motifs is 1. The predicted molar refractivity (Wildman–Crippen MR) is 96.7 cm³/mol. The summed E-state index contributed by atoms with van der Waals surface area (Å²) in [6, 6.07) is 15.4. The number of methoxy groups -OCH3 is 1. The van der Waals surface area contributed by atoms with Gasteiger partial charge in [-0.15, -0.1) is 0 Å². The number of hydrogen-bond donors (Lipinski definition) is 1. The fraction of sp³-hybridized carbons (Fsp3) is 0.211. The summed E-state index contributed by atoms with van der Waals surface area (Å²) >= 11 is 1.52. The zero-order chi connectivity index (χ0) is 17.2. The first-order valence-corrected chi connectivity index (χ1v) is 8.88. The number of benzene rings is 2. The standard InChI is InChI=1S/C19H18N2O3S/c1-23-14-8-6-13(7-9-14)21-11-10-20-19(21)25-17-12-24-16-5-3-2-4-15(16)18(17)22/h2-11,17-18,22H,12H2,1H3/t17-,18+/m0/s1. The van der Waals surface area contributed by atoms with Gasteiger partial charge in [0.1, 0.15) is 18.1 Å². The summed E-state index contributed by atoms with van der Waals surface area (Å²) in [5, 5.41) is 11.4. The fourth-order valence-corrected chi connectivity index (χ4v) is 3.95. The molecule has 0 saturated heterocycles. The highest BCUT2D eigenvalue weighted by Crippen LogP contribution is 2.39. The van der Waals surface area contributed by atoms with E-state index in [1.54, 1.807) is 13.3 Å². The van der Waals surface area contributed by atoms with Gasteiger partial charge in [-0.2, -0.15) is 0 Å². The Labute approximate surface area is 150 Å². The maximum atomic E-state index is 10.7. The van der Waals surface area contributed by atoms with Crippen molar-refractivity contribution in [3.63, 3.8) is 0 Å². The van der Waals surface area contributed by atoms with Gasteiger partial charge in [0.05, 0.1) is 18.5 Å². The van der Waals surface area contributed by atoms with Gasteiger partial charge in [0.15, 0.2) is 5.16 Å². The number of para-hydroxylation sites is 1. The van der Waals surface area contributed by atoms with E-state index in [2.05, 4.69) is 4.98 Å². The zero-order valence-corrected chi connectivity index (χ0v) is 14.5. The topological polar surface area (TPSA) is 56.5 Å². The van der Waals surface area contributed by atoms with E-state index in [1.165, 1.54) is 11.8 Å². The van der Waals surface area contributed by atoms with Gasteiger partial charge in [0.25, 0.3) is 0 Å². The molecule has 1 N–H and O–H groups in total. The molecule has 0 saturated carbocycles. The Morgan fingerprint density at radius 2 is 2.00 bits per heavy atom. The highest BCUT2D eigenvalue weighted by Gasteiger charge is 2.31. The zero-order valence-electron chi connectivity index (χ0n) is 13.7. The smallest absolute Gasteiger partial charge is 0.173 e. The Bertz CT molecular complexity index is 863. The molecule has 0 aliphatic carbocycles. The molecular weight excluding hydrogens is 336 g/mol. The molecule has 128 valence electrons. The molecule has 0 fully saturated rings. The van der Waals surface area contributed by atoms with Crippen LogP contribution in [0.5, 0.6) is 11.5 Å². The summed E-state index contributed by atoms with van der Waals surface area (Å²) in [4.78, 5) is 4.45. The third-order valence-electron chi connectivity index (χ3n) is 4.21. The second-order valence-corrected chi connectivity index (χ2v) is 6.93. The third kappa shape index (κ3) is 3.10. The second-order valence-electron chi connectivity index (χ2n) is 5.73. The minimum Gasteiger partial charge on any atom is -0.497 e. The average molecular weight is 354 g/mol. The Morgan fingerprint density at radius 1 is 1.20 bits per heavy atom. The predicted octanol–water partition coefficient (Wildman–Crippen LogP) is 3.47. The highest BCUT2D eigenvalue weighted by atomic mass is 32.2. The largest absolute Gasteiger partial charge is 0.497 e. The molecule has 1 aliphatic heterocycles. The quantitative estimate of drug-likeness (QED) is 0.777. The first-order valence-electron chi connectivity index (χ1n) is 8.00. The molecule has 4 rings (SSSR count). The molecule has 2 atom stereocenters. The Balaban J connectivity index is 1.57. The van der Waals surface area contributed by atoms with E-state index in [0.29, 0.717) is 6.61 Å². The summed E-state index contributed by atoms with van der Waals surface area (Å²) in [5.41, 5.74) is 1.82. The Morgan fingerprint density at radius 3 is 2.80 bits per heavy atom. The van der Waals surface area contributed by atoms with E-state index in [4.69, 9.17) is 9.47 Å². The van der Waals surface area contributed by atoms with Crippen LogP contribution in [0.3, 0.4) is 0 Å². The van der Waals surface area contributed by atoms with Gasteiger partial charge in [0, 0.05) is 23.6 Å². The van der Waals surface area contributed by atoms with E-state index >= 15 is 0 Å². The first kappa shape index (κ1) is 16.1. The molecular formula is C19H18N2O3S. The number of aromatic nitrogens is 2. The van der Waals surface area contributed by atoms with Crippen LogP contribution >= 0.6 is 11.8 Å². The van der Waals surface area contributed by atoms with Gasteiger partial charge >= 0.3 is 0 Å². The lowest BCUT2D eigenvalue weighted by Gasteiger charge is -2.29. The van der Waals surface area contributed by atoms with Crippen LogP contribution in [-0.4, -0.2) is 33.6 Å². The molecule has 1 aliphatic rings. The van der Waals surface area contributed by atoms with E-state index in [9.17, 15) is 5.11 Å². The maximum Gasteiger partial charge on any atom is 0.173 e. The first-order chi connectivity index (χ1) is 12.3. The fourth-order valence-electron chi connectivity index (χ4n) is 2.87. The molecule has 25 heavy (non-hydrogen) atoms. The number of imidazole rings is 1. The molecule has 3 aromatic rings. The van der Waals surface area contributed by atoms with Crippen molar-refractivity contribution in [2.75, 3.05) is 13.7 Å². The molecule has 2 heterocycles. The summed E-state index contributed by atoms with van der Waals surface area (Å²) in [6.07, 6.45) is 3.08. The van der Waals surface area contributed by atoms with Crippen LogP contribution in [0.2, 0.25) is 0 Å². The van der Waals surface area contributed by atoms with E-state index in [-0.39, 0.29) is 5.25 Å². The number of ether oxygens (including phenoxy) is 2. The summed E-state index contributed by atoms with van der Waals surface area (Å²) in [7, 11) is 1.65. The van der Waals surface area contributed by atoms with Crippen molar-refractivity contribution in [2.45, 2.75) is 16.5 Å². The average Bonchev–Trinajstić information content (AvgIpc) is 3.12. The lowest BCUT2D eigenvalue weighted by molar-refractivity contribution is 0.122. The lowest BCUT2D eigenvalue weighted by atomic mass is 10.0. The number of hydrogen-bond acceptors (Lipinski definition) is 5. The van der Waals surface area contributed by atoms with E-state index in [1.807, 2.05) is 59.3 Å². The number of aliphatic hydroxyl groups is 1. The molecule has 0 unspecified atom stereocenters. The van der Waals surface area contributed by atoms with Crippen molar-refractivity contribution in [1.82, 2.24) is 9.55 Å².